The van der Waals surface area contributed by atoms with Gasteiger partial charge in [0.1, 0.15) is 5.69 Å². The fourth-order valence-electron chi connectivity index (χ4n) is 3.21. The molecule has 1 aromatic carbocycles. The number of nitrogens with zero attached hydrogens (tertiary/aromatic N) is 6. The molecule has 0 radical (unpaired) electrons. The van der Waals surface area contributed by atoms with Gasteiger partial charge < -0.3 is 19.6 Å². The smallest absolute Gasteiger partial charge is 0.225 e. The van der Waals surface area contributed by atoms with Crippen molar-refractivity contribution in [3.8, 4) is 11.3 Å². The summed E-state index contributed by atoms with van der Waals surface area (Å²) in [6.45, 7) is 3.94. The topological polar surface area (TPSA) is 82.7 Å². The minimum Gasteiger partial charge on any atom is -0.359 e. The lowest BCUT2D eigenvalue weighted by Crippen LogP contribution is -2.52. The third-order valence-corrected chi connectivity index (χ3v) is 4.68. The van der Waals surface area contributed by atoms with Crippen LogP contribution in [0.4, 0.5) is 5.95 Å². The molecule has 0 aliphatic carbocycles. The molecular weight excluding hydrogens is 354 g/mol. The lowest BCUT2D eigenvalue weighted by atomic mass is 10.1. The highest BCUT2D eigenvalue weighted by Gasteiger charge is 2.21. The molecule has 2 aromatic heterocycles. The van der Waals surface area contributed by atoms with E-state index in [0.29, 0.717) is 6.54 Å². The van der Waals surface area contributed by atoms with E-state index in [2.05, 4.69) is 35.2 Å². The maximum Gasteiger partial charge on any atom is 0.225 e. The minimum absolute atomic E-state index is 0.536. The van der Waals surface area contributed by atoms with Crippen LogP contribution in [0.15, 0.2) is 64.4 Å². The van der Waals surface area contributed by atoms with Crippen molar-refractivity contribution in [2.45, 2.75) is 6.54 Å². The second-order valence-electron chi connectivity index (χ2n) is 6.47. The van der Waals surface area contributed by atoms with Gasteiger partial charge in [-0.25, -0.2) is 9.97 Å². The van der Waals surface area contributed by atoms with Crippen molar-refractivity contribution in [2.24, 2.45) is 4.99 Å². The number of hydrogen-bond donors (Lipinski definition) is 1. The molecule has 4 rings (SSSR count). The van der Waals surface area contributed by atoms with Gasteiger partial charge >= 0.3 is 0 Å². The lowest BCUT2D eigenvalue weighted by Gasteiger charge is -2.36. The highest BCUT2D eigenvalue weighted by atomic mass is 16.5. The van der Waals surface area contributed by atoms with Gasteiger partial charge in [0.2, 0.25) is 5.95 Å². The summed E-state index contributed by atoms with van der Waals surface area (Å²) in [4.78, 5) is 17.5. The quantitative estimate of drug-likeness (QED) is 0.550. The molecule has 1 fully saturated rings. The van der Waals surface area contributed by atoms with Crippen LogP contribution in [0.2, 0.25) is 0 Å². The number of hydrogen-bond acceptors (Lipinski definition) is 6. The summed E-state index contributed by atoms with van der Waals surface area (Å²) in [5, 5.41) is 7.52. The summed E-state index contributed by atoms with van der Waals surface area (Å²) in [5.74, 6) is 2.41. The predicted octanol–water partition coefficient (Wildman–Crippen LogP) is 2.03. The first-order valence-corrected chi connectivity index (χ1v) is 9.32. The number of aromatic nitrogens is 3. The molecule has 1 aliphatic heterocycles. The Bertz CT molecular complexity index is 903. The molecule has 3 heterocycles. The Labute approximate surface area is 163 Å². The van der Waals surface area contributed by atoms with E-state index in [1.165, 1.54) is 0 Å². The Morgan fingerprint density at radius 2 is 1.82 bits per heavy atom. The molecule has 28 heavy (non-hydrogen) atoms. The van der Waals surface area contributed by atoms with Crippen molar-refractivity contribution < 1.29 is 4.52 Å². The first-order chi connectivity index (χ1) is 13.8. The molecule has 0 bridgehead atoms. The average Bonchev–Trinajstić information content (AvgIpc) is 3.25. The predicted molar refractivity (Wildman–Crippen MR) is 108 cm³/mol. The van der Waals surface area contributed by atoms with Crippen molar-refractivity contribution in [2.75, 3.05) is 38.1 Å². The molecule has 1 aliphatic rings. The number of benzene rings is 1. The molecule has 0 amide bonds. The Morgan fingerprint density at radius 3 is 2.54 bits per heavy atom. The highest BCUT2D eigenvalue weighted by molar-refractivity contribution is 5.80. The van der Waals surface area contributed by atoms with Crippen LogP contribution in [0.1, 0.15) is 5.76 Å². The third kappa shape index (κ3) is 4.11. The van der Waals surface area contributed by atoms with E-state index in [1.807, 2.05) is 42.5 Å². The maximum atomic E-state index is 5.47. The van der Waals surface area contributed by atoms with Crippen LogP contribution in [0.5, 0.6) is 0 Å². The van der Waals surface area contributed by atoms with Gasteiger partial charge in [-0.05, 0) is 6.07 Å². The summed E-state index contributed by atoms with van der Waals surface area (Å²) in [6, 6.07) is 13.8. The van der Waals surface area contributed by atoms with Crippen molar-refractivity contribution >= 4 is 11.9 Å². The molecular formula is C20H23N7O. The largest absolute Gasteiger partial charge is 0.359 e. The Hall–Kier alpha value is -3.42. The molecule has 0 spiro atoms. The van der Waals surface area contributed by atoms with E-state index in [4.69, 9.17) is 4.52 Å². The Balaban J connectivity index is 1.32. The molecule has 8 nitrogen and oxygen atoms in total. The van der Waals surface area contributed by atoms with Gasteiger partial charge in [-0.3, -0.25) is 4.99 Å². The molecule has 3 aromatic rings. The lowest BCUT2D eigenvalue weighted by molar-refractivity contribution is 0.357. The third-order valence-electron chi connectivity index (χ3n) is 4.68. The summed E-state index contributed by atoms with van der Waals surface area (Å²) in [7, 11) is 1.80. The van der Waals surface area contributed by atoms with Gasteiger partial charge in [0.25, 0.3) is 0 Å². The summed E-state index contributed by atoms with van der Waals surface area (Å²) in [5.41, 5.74) is 1.88. The standard InChI is InChI=1S/C20H23N7O/c1-21-19(26-10-12-27(13-11-26)20-22-8-5-9-23-20)24-15-17-14-18(25-28-17)16-6-3-2-4-7-16/h2-9,14H,10-13,15H2,1H3,(H,21,24). The van der Waals surface area contributed by atoms with Crippen LogP contribution in [0.25, 0.3) is 11.3 Å². The molecule has 0 unspecified atom stereocenters. The van der Waals surface area contributed by atoms with Crippen LogP contribution >= 0.6 is 0 Å². The van der Waals surface area contributed by atoms with Crippen LogP contribution in [0.3, 0.4) is 0 Å². The number of piperazine rings is 1. The fourth-order valence-corrected chi connectivity index (χ4v) is 3.21. The SMILES string of the molecule is CN=C(NCc1cc(-c2ccccc2)no1)N1CCN(c2ncccn2)CC1. The molecule has 0 atom stereocenters. The van der Waals surface area contributed by atoms with Gasteiger partial charge in [-0.1, -0.05) is 35.5 Å². The number of anilines is 1. The first-order valence-electron chi connectivity index (χ1n) is 9.32. The monoisotopic (exact) mass is 377 g/mol. The first kappa shape index (κ1) is 18.0. The fraction of sp³-hybridized carbons (Fsp3) is 0.300. The zero-order valence-corrected chi connectivity index (χ0v) is 15.8. The van der Waals surface area contributed by atoms with Crippen LogP contribution in [-0.2, 0) is 6.54 Å². The van der Waals surface area contributed by atoms with E-state index < -0.39 is 0 Å². The van der Waals surface area contributed by atoms with Gasteiger partial charge in [0.05, 0.1) is 6.54 Å². The second kappa shape index (κ2) is 8.51. The average molecular weight is 377 g/mol. The van der Waals surface area contributed by atoms with Gasteiger partial charge in [0, 0.05) is 57.3 Å². The summed E-state index contributed by atoms with van der Waals surface area (Å²) < 4.78 is 5.47. The zero-order valence-electron chi connectivity index (χ0n) is 15.8. The summed E-state index contributed by atoms with van der Waals surface area (Å²) in [6.07, 6.45) is 3.55. The maximum absolute atomic E-state index is 5.47. The molecule has 144 valence electrons. The van der Waals surface area contributed by atoms with E-state index in [-0.39, 0.29) is 0 Å². The summed E-state index contributed by atoms with van der Waals surface area (Å²) >= 11 is 0. The van der Waals surface area contributed by atoms with Crippen LogP contribution < -0.4 is 10.2 Å². The number of rotatable bonds is 4. The van der Waals surface area contributed by atoms with E-state index in [9.17, 15) is 0 Å². The van der Waals surface area contributed by atoms with Gasteiger partial charge in [-0.15, -0.1) is 0 Å². The minimum atomic E-state index is 0.536. The molecule has 8 heteroatoms. The second-order valence-corrected chi connectivity index (χ2v) is 6.47. The van der Waals surface area contributed by atoms with E-state index in [1.54, 1.807) is 19.4 Å². The molecule has 1 N–H and O–H groups in total. The van der Waals surface area contributed by atoms with E-state index >= 15 is 0 Å². The van der Waals surface area contributed by atoms with Crippen LogP contribution in [-0.4, -0.2) is 59.2 Å². The van der Waals surface area contributed by atoms with Gasteiger partial charge in [0.15, 0.2) is 11.7 Å². The number of nitrogens with one attached hydrogen (secondary N) is 1. The van der Waals surface area contributed by atoms with Gasteiger partial charge in [-0.2, -0.15) is 0 Å². The van der Waals surface area contributed by atoms with E-state index in [0.717, 1.165) is 55.1 Å². The van der Waals surface area contributed by atoms with Crippen molar-refractivity contribution in [1.82, 2.24) is 25.3 Å². The normalized spacial score (nSPS) is 15.0. The number of guanidine groups is 1. The zero-order chi connectivity index (χ0) is 19.2. The Kier molecular flexibility index (Phi) is 5.46. The van der Waals surface area contributed by atoms with Crippen molar-refractivity contribution in [3.05, 3.63) is 60.6 Å². The number of aliphatic imine (C=N–C) groups is 1. The molecule has 0 saturated carbocycles. The molecule has 1 saturated heterocycles. The highest BCUT2D eigenvalue weighted by Crippen LogP contribution is 2.18. The Morgan fingerprint density at radius 1 is 1.07 bits per heavy atom. The van der Waals surface area contributed by atoms with Crippen molar-refractivity contribution in [3.63, 3.8) is 0 Å². The van der Waals surface area contributed by atoms with Crippen LogP contribution in [0, 0.1) is 0 Å². The van der Waals surface area contributed by atoms with Crippen molar-refractivity contribution in [1.29, 1.82) is 0 Å².